The highest BCUT2D eigenvalue weighted by atomic mass is 16.6. The molecule has 0 bridgehead atoms. The summed E-state index contributed by atoms with van der Waals surface area (Å²) in [5.74, 6) is 0.0106. The number of rotatable bonds is 10. The molecule has 39 heavy (non-hydrogen) atoms. The maximum absolute atomic E-state index is 13.0. The Morgan fingerprint density at radius 1 is 1.33 bits per heavy atom. The van der Waals surface area contributed by atoms with E-state index in [9.17, 15) is 4.79 Å². The molecule has 1 saturated carbocycles. The summed E-state index contributed by atoms with van der Waals surface area (Å²) in [6.07, 6.45) is 10.2. The van der Waals surface area contributed by atoms with Gasteiger partial charge >= 0.3 is 6.09 Å². The van der Waals surface area contributed by atoms with Gasteiger partial charge in [-0.15, -0.1) is 0 Å². The smallest absolute Gasteiger partial charge is 0.407 e. The lowest BCUT2D eigenvalue weighted by Crippen LogP contribution is -2.56. The van der Waals surface area contributed by atoms with Crippen LogP contribution in [0.25, 0.3) is 0 Å². The molecule has 1 aromatic heterocycles. The number of methoxy groups -OCH3 is 1. The van der Waals surface area contributed by atoms with Crippen LogP contribution >= 0.6 is 0 Å². The van der Waals surface area contributed by atoms with Crippen LogP contribution < -0.4 is 5.32 Å². The number of likely N-dealkylation sites (N-methyl/N-ethyl adjacent to an activating group) is 1. The lowest BCUT2D eigenvalue weighted by molar-refractivity contribution is -0.118. The fourth-order valence-electron chi connectivity index (χ4n) is 6.90. The molecule has 1 amide bonds. The molecule has 4 aliphatic rings. The summed E-state index contributed by atoms with van der Waals surface area (Å²) < 4.78 is 26.5. The van der Waals surface area contributed by atoms with Crippen molar-refractivity contribution in [2.45, 2.75) is 114 Å². The van der Waals surface area contributed by atoms with Crippen molar-refractivity contribution in [3.63, 3.8) is 0 Å². The molecule has 9 heteroatoms. The van der Waals surface area contributed by atoms with Crippen molar-refractivity contribution in [2.75, 3.05) is 33.9 Å². The number of carbonyl (C=O) groups is 1. The van der Waals surface area contributed by atoms with Gasteiger partial charge in [-0.25, -0.2) is 9.78 Å². The lowest BCUT2D eigenvalue weighted by Gasteiger charge is -2.42. The Balaban J connectivity index is 1.17. The van der Waals surface area contributed by atoms with Crippen LogP contribution in [-0.2, 0) is 30.9 Å². The zero-order chi connectivity index (χ0) is 28.0. The van der Waals surface area contributed by atoms with E-state index in [4.69, 9.17) is 18.9 Å². The number of nitrogens with zero attached hydrogens (tertiary/aromatic N) is 3. The highest BCUT2D eigenvalue weighted by Crippen LogP contribution is 2.59. The van der Waals surface area contributed by atoms with Gasteiger partial charge in [0.25, 0.3) is 0 Å². The second-order valence-electron chi connectivity index (χ2n) is 13.3. The van der Waals surface area contributed by atoms with Gasteiger partial charge < -0.3 is 33.7 Å². The van der Waals surface area contributed by atoms with E-state index < -0.39 is 6.09 Å². The molecule has 7 atom stereocenters. The summed E-state index contributed by atoms with van der Waals surface area (Å²) in [7, 11) is 3.89. The van der Waals surface area contributed by atoms with Crippen molar-refractivity contribution >= 4 is 6.09 Å². The number of likely N-dealkylation sites (tertiary alicyclic amines) is 1. The maximum Gasteiger partial charge on any atom is 0.407 e. The minimum atomic E-state index is -0.420. The van der Waals surface area contributed by atoms with Gasteiger partial charge in [-0.05, 0) is 66.5 Å². The van der Waals surface area contributed by atoms with E-state index in [0.717, 1.165) is 31.6 Å². The average Bonchev–Trinajstić information content (AvgIpc) is 3.66. The first kappa shape index (κ1) is 28.6. The first-order chi connectivity index (χ1) is 18.5. The summed E-state index contributed by atoms with van der Waals surface area (Å²) >= 11 is 0. The van der Waals surface area contributed by atoms with E-state index in [1.54, 1.807) is 7.11 Å². The SMILES string of the molecule is CO[C@@H]1[C@H](OC(=O)NCC(C)(C)c2cn(C[C@H]3CCCN3C)cn2)CC[C@]2(CO2)[C@H]1[C@@]1(C)O[C@@H]1CC=C(C)C. The molecule has 1 N–H and O–H groups in total. The third-order valence-corrected chi connectivity index (χ3v) is 9.59. The Kier molecular flexibility index (Phi) is 7.92. The van der Waals surface area contributed by atoms with Crippen LogP contribution in [0.2, 0.25) is 0 Å². The third-order valence-electron chi connectivity index (χ3n) is 9.59. The Labute approximate surface area is 233 Å². The van der Waals surface area contributed by atoms with E-state index in [2.05, 4.69) is 73.7 Å². The van der Waals surface area contributed by atoms with Crippen LogP contribution in [0.5, 0.6) is 0 Å². The minimum Gasteiger partial charge on any atom is -0.443 e. The van der Waals surface area contributed by atoms with E-state index in [1.807, 2.05) is 6.33 Å². The number of alkyl carbamates (subject to hydrolysis) is 1. The predicted molar refractivity (Wildman–Crippen MR) is 149 cm³/mol. The first-order valence-corrected chi connectivity index (χ1v) is 14.6. The molecule has 1 aliphatic carbocycles. The number of carbonyl (C=O) groups excluding carboxylic acids is 1. The monoisotopic (exact) mass is 544 g/mol. The van der Waals surface area contributed by atoms with Crippen LogP contribution in [0.15, 0.2) is 24.2 Å². The van der Waals surface area contributed by atoms with E-state index in [0.29, 0.717) is 25.6 Å². The second kappa shape index (κ2) is 10.8. The number of hydrogen-bond donors (Lipinski definition) is 1. The topological polar surface area (TPSA) is 93.7 Å². The van der Waals surface area contributed by atoms with Crippen molar-refractivity contribution in [2.24, 2.45) is 5.92 Å². The van der Waals surface area contributed by atoms with Gasteiger partial charge in [-0.3, -0.25) is 0 Å². The van der Waals surface area contributed by atoms with Gasteiger partial charge in [0, 0.05) is 37.9 Å². The molecule has 4 heterocycles. The summed E-state index contributed by atoms with van der Waals surface area (Å²) in [6.45, 7) is 13.8. The highest BCUT2D eigenvalue weighted by Gasteiger charge is 2.72. The third kappa shape index (κ3) is 5.92. The quantitative estimate of drug-likeness (QED) is 0.351. The maximum atomic E-state index is 13.0. The number of nitrogens with one attached hydrogen (secondary N) is 1. The van der Waals surface area contributed by atoms with Gasteiger partial charge in [-0.2, -0.15) is 0 Å². The number of epoxide rings is 2. The molecule has 4 fully saturated rings. The summed E-state index contributed by atoms with van der Waals surface area (Å²) in [5, 5.41) is 3.01. The van der Waals surface area contributed by atoms with Crippen molar-refractivity contribution in [3.05, 3.63) is 29.9 Å². The van der Waals surface area contributed by atoms with Gasteiger partial charge in [0.05, 0.1) is 30.7 Å². The number of aromatic nitrogens is 2. The zero-order valence-corrected chi connectivity index (χ0v) is 24.9. The highest BCUT2D eigenvalue weighted by molar-refractivity contribution is 5.67. The van der Waals surface area contributed by atoms with Gasteiger partial charge in [0.1, 0.15) is 23.4 Å². The van der Waals surface area contributed by atoms with Crippen molar-refractivity contribution in [1.82, 2.24) is 19.8 Å². The molecule has 0 aromatic carbocycles. The van der Waals surface area contributed by atoms with Crippen molar-refractivity contribution in [3.8, 4) is 0 Å². The molecule has 218 valence electrons. The van der Waals surface area contributed by atoms with E-state index >= 15 is 0 Å². The first-order valence-electron chi connectivity index (χ1n) is 14.6. The van der Waals surface area contributed by atoms with Crippen molar-refractivity contribution in [1.29, 1.82) is 0 Å². The summed E-state index contributed by atoms with van der Waals surface area (Å²) in [4.78, 5) is 20.1. The minimum absolute atomic E-state index is 0.0106. The fourth-order valence-corrected chi connectivity index (χ4v) is 6.90. The molecule has 1 aromatic rings. The molecule has 3 saturated heterocycles. The van der Waals surface area contributed by atoms with Gasteiger partial charge in [-0.1, -0.05) is 25.5 Å². The normalized spacial score (nSPS) is 36.1. The van der Waals surface area contributed by atoms with Gasteiger partial charge in [0.15, 0.2) is 0 Å². The van der Waals surface area contributed by atoms with E-state index in [-0.39, 0.29) is 40.8 Å². The Morgan fingerprint density at radius 2 is 2.10 bits per heavy atom. The molecular weight excluding hydrogens is 496 g/mol. The van der Waals surface area contributed by atoms with Gasteiger partial charge in [0.2, 0.25) is 0 Å². The molecule has 0 unspecified atom stereocenters. The number of allylic oxidation sites excluding steroid dienone is 1. The standard InChI is InChI=1S/C30H48N4O5/c1-20(2)10-11-24-29(5,39-24)26-25(36-7)22(12-13-30(26)18-37-30)38-27(35)31-17-28(3,4)23-16-34(19-32-23)15-21-9-8-14-33(21)6/h10,16,19,21-22,24-26H,8-9,11-15,17-18H2,1-7H3,(H,31,35)/t21-,22-,24-,25-,26-,29+,30+/m1/s1. The number of imidazole rings is 1. The van der Waals surface area contributed by atoms with Crippen LogP contribution in [-0.4, -0.2) is 90.0 Å². The average molecular weight is 545 g/mol. The molecule has 9 nitrogen and oxygen atoms in total. The summed E-state index contributed by atoms with van der Waals surface area (Å²) in [6, 6.07) is 0.558. The predicted octanol–water partition coefficient (Wildman–Crippen LogP) is 4.06. The zero-order valence-electron chi connectivity index (χ0n) is 24.9. The molecule has 1 spiro atoms. The Morgan fingerprint density at radius 3 is 2.74 bits per heavy atom. The summed E-state index contributed by atoms with van der Waals surface area (Å²) in [5.41, 5.74) is 1.33. The lowest BCUT2D eigenvalue weighted by atomic mass is 9.68. The van der Waals surface area contributed by atoms with E-state index in [1.165, 1.54) is 18.4 Å². The van der Waals surface area contributed by atoms with Crippen molar-refractivity contribution < 1.29 is 23.7 Å². The molecule has 0 radical (unpaired) electrons. The Bertz CT molecular complexity index is 1060. The second-order valence-corrected chi connectivity index (χ2v) is 13.3. The van der Waals surface area contributed by atoms with Crippen LogP contribution in [0.3, 0.4) is 0 Å². The number of amides is 1. The number of hydrogen-bond acceptors (Lipinski definition) is 7. The molecule has 3 aliphatic heterocycles. The fraction of sp³-hybridized carbons (Fsp3) is 0.800. The molecular formula is C30H48N4O5. The van der Waals surface area contributed by atoms with Crippen LogP contribution in [0, 0.1) is 5.92 Å². The molecule has 5 rings (SSSR count). The largest absolute Gasteiger partial charge is 0.443 e. The Hall–Kier alpha value is -1.94. The number of ether oxygens (including phenoxy) is 4. The van der Waals surface area contributed by atoms with Crippen LogP contribution in [0.1, 0.15) is 72.4 Å². The van der Waals surface area contributed by atoms with Crippen LogP contribution in [0.4, 0.5) is 4.79 Å².